The summed E-state index contributed by atoms with van der Waals surface area (Å²) < 4.78 is 0. The summed E-state index contributed by atoms with van der Waals surface area (Å²) in [5.74, 6) is 0.460. The Morgan fingerprint density at radius 1 is 0.783 bits per heavy atom. The van der Waals surface area contributed by atoms with E-state index < -0.39 is 0 Å². The van der Waals surface area contributed by atoms with Gasteiger partial charge in [0.2, 0.25) is 5.91 Å². The van der Waals surface area contributed by atoms with E-state index in [0.29, 0.717) is 0 Å². The molecule has 2 N–H and O–H groups in total. The maximum Gasteiger partial charge on any atom is 0.234 e. The lowest BCUT2D eigenvalue weighted by molar-refractivity contribution is -0.122. The Hall–Kier alpha value is -2.49. The normalized spacial score (nSPS) is 15.3. The lowest BCUT2D eigenvalue weighted by Crippen LogP contribution is -2.33. The van der Waals surface area contributed by atoms with Crippen molar-refractivity contribution in [2.45, 2.75) is 32.1 Å². The number of hydrogen-bond acceptors (Lipinski definition) is 3. The van der Waals surface area contributed by atoms with Crippen molar-refractivity contribution in [1.82, 2.24) is 0 Å². The fraction of sp³-hybridized carbons (Fsp3) is 0.316. The van der Waals surface area contributed by atoms with E-state index in [9.17, 15) is 15.0 Å². The fourth-order valence-corrected chi connectivity index (χ4v) is 3.14. The molecule has 0 atom stereocenters. The molecule has 0 unspecified atom stereocenters. The Kier molecular flexibility index (Phi) is 4.51. The van der Waals surface area contributed by atoms with Crippen LogP contribution in [0.2, 0.25) is 0 Å². The summed E-state index contributed by atoms with van der Waals surface area (Å²) >= 11 is 0. The third kappa shape index (κ3) is 3.47. The lowest BCUT2D eigenvalue weighted by atomic mass is 9.88. The topological polar surface area (TPSA) is 60.8 Å². The zero-order chi connectivity index (χ0) is 16.2. The molecule has 3 rings (SSSR count). The fourth-order valence-electron chi connectivity index (χ4n) is 3.14. The monoisotopic (exact) mass is 311 g/mol. The highest BCUT2D eigenvalue weighted by Gasteiger charge is 2.28. The minimum Gasteiger partial charge on any atom is -0.508 e. The van der Waals surface area contributed by atoms with Gasteiger partial charge in [0.05, 0.1) is 0 Å². The van der Waals surface area contributed by atoms with Crippen molar-refractivity contribution in [2.75, 3.05) is 4.90 Å². The van der Waals surface area contributed by atoms with Crippen molar-refractivity contribution in [3.05, 3.63) is 48.5 Å². The predicted octanol–water partition coefficient (Wildman–Crippen LogP) is 4.34. The maximum atomic E-state index is 13.1. The van der Waals surface area contributed by atoms with Crippen LogP contribution in [0, 0.1) is 5.92 Å². The molecule has 1 fully saturated rings. The maximum absolute atomic E-state index is 13.1. The van der Waals surface area contributed by atoms with Crippen molar-refractivity contribution in [1.29, 1.82) is 0 Å². The van der Waals surface area contributed by atoms with Gasteiger partial charge in [-0.1, -0.05) is 19.3 Å². The van der Waals surface area contributed by atoms with E-state index in [2.05, 4.69) is 0 Å². The van der Waals surface area contributed by atoms with Gasteiger partial charge >= 0.3 is 0 Å². The molecular weight excluding hydrogens is 290 g/mol. The second kappa shape index (κ2) is 6.73. The van der Waals surface area contributed by atoms with Crippen LogP contribution < -0.4 is 4.90 Å². The molecule has 0 spiro atoms. The molecule has 0 bridgehead atoms. The second-order valence-electron chi connectivity index (χ2n) is 6.04. The van der Waals surface area contributed by atoms with E-state index in [1.54, 1.807) is 53.4 Å². The van der Waals surface area contributed by atoms with E-state index in [-0.39, 0.29) is 23.3 Å². The molecule has 0 aliphatic heterocycles. The number of benzene rings is 2. The summed E-state index contributed by atoms with van der Waals surface area (Å²) in [6, 6.07) is 13.3. The molecule has 0 heterocycles. The predicted molar refractivity (Wildman–Crippen MR) is 89.9 cm³/mol. The number of amides is 1. The Bertz CT molecular complexity index is 613. The summed E-state index contributed by atoms with van der Waals surface area (Å²) in [4.78, 5) is 14.8. The van der Waals surface area contributed by atoms with Gasteiger partial charge in [0, 0.05) is 17.3 Å². The SMILES string of the molecule is O=C(C1CCCCC1)N(c1ccc(O)cc1)c1ccc(O)cc1. The standard InChI is InChI=1S/C19H21NO3/c21-17-10-6-15(7-11-17)20(16-8-12-18(22)13-9-16)19(23)14-4-2-1-3-5-14/h6-14,21-22H,1-5H2. The minimum atomic E-state index is 0.0337. The highest BCUT2D eigenvalue weighted by Crippen LogP contribution is 2.33. The first-order valence-corrected chi connectivity index (χ1v) is 8.07. The number of aromatic hydroxyl groups is 2. The van der Waals surface area contributed by atoms with Gasteiger partial charge in [-0.3, -0.25) is 9.69 Å². The summed E-state index contributed by atoms with van der Waals surface area (Å²) in [5, 5.41) is 19.0. The molecular formula is C19H21NO3. The first-order chi connectivity index (χ1) is 11.1. The zero-order valence-corrected chi connectivity index (χ0v) is 13.0. The quantitative estimate of drug-likeness (QED) is 0.886. The first kappa shape index (κ1) is 15.4. The van der Waals surface area contributed by atoms with Crippen molar-refractivity contribution < 1.29 is 15.0 Å². The molecule has 1 saturated carbocycles. The minimum absolute atomic E-state index is 0.0337. The Labute approximate surface area is 136 Å². The molecule has 1 aliphatic rings. The van der Waals surface area contributed by atoms with E-state index in [1.165, 1.54) is 6.42 Å². The van der Waals surface area contributed by atoms with Gasteiger partial charge in [0.1, 0.15) is 11.5 Å². The Balaban J connectivity index is 1.96. The van der Waals surface area contributed by atoms with Gasteiger partial charge in [0.15, 0.2) is 0 Å². The van der Waals surface area contributed by atoms with Crippen molar-refractivity contribution in [2.24, 2.45) is 5.92 Å². The lowest BCUT2D eigenvalue weighted by Gasteiger charge is -2.29. The molecule has 0 radical (unpaired) electrons. The van der Waals surface area contributed by atoms with Crippen LogP contribution in [0.1, 0.15) is 32.1 Å². The average Bonchev–Trinajstić information content (AvgIpc) is 2.59. The van der Waals surface area contributed by atoms with Crippen LogP contribution in [0.25, 0.3) is 0 Å². The highest BCUT2D eigenvalue weighted by atomic mass is 16.3. The summed E-state index contributed by atoms with van der Waals surface area (Å²) in [7, 11) is 0. The van der Waals surface area contributed by atoms with Crippen LogP contribution in [0.5, 0.6) is 11.5 Å². The number of anilines is 2. The van der Waals surface area contributed by atoms with Crippen molar-refractivity contribution in [3.8, 4) is 11.5 Å². The van der Waals surface area contributed by atoms with E-state index in [0.717, 1.165) is 37.1 Å². The average molecular weight is 311 g/mol. The molecule has 4 heteroatoms. The van der Waals surface area contributed by atoms with Gasteiger partial charge in [-0.25, -0.2) is 0 Å². The van der Waals surface area contributed by atoms with Crippen LogP contribution >= 0.6 is 0 Å². The van der Waals surface area contributed by atoms with Crippen LogP contribution in [-0.4, -0.2) is 16.1 Å². The third-order valence-corrected chi connectivity index (χ3v) is 4.39. The van der Waals surface area contributed by atoms with Crippen LogP contribution in [0.4, 0.5) is 11.4 Å². The molecule has 0 aromatic heterocycles. The molecule has 4 nitrogen and oxygen atoms in total. The summed E-state index contributed by atoms with van der Waals surface area (Å²) in [5.41, 5.74) is 1.45. The van der Waals surface area contributed by atoms with Gasteiger partial charge in [-0.15, -0.1) is 0 Å². The molecule has 2 aromatic carbocycles. The molecule has 1 aliphatic carbocycles. The number of carbonyl (C=O) groups is 1. The Morgan fingerprint density at radius 3 is 1.65 bits per heavy atom. The molecule has 1 amide bonds. The van der Waals surface area contributed by atoms with Gasteiger partial charge in [0.25, 0.3) is 0 Å². The molecule has 2 aromatic rings. The third-order valence-electron chi connectivity index (χ3n) is 4.39. The smallest absolute Gasteiger partial charge is 0.234 e. The highest BCUT2D eigenvalue weighted by molar-refractivity contribution is 6.01. The van der Waals surface area contributed by atoms with Gasteiger partial charge < -0.3 is 10.2 Å². The largest absolute Gasteiger partial charge is 0.508 e. The van der Waals surface area contributed by atoms with Crippen molar-refractivity contribution in [3.63, 3.8) is 0 Å². The van der Waals surface area contributed by atoms with Crippen LogP contribution in [-0.2, 0) is 4.79 Å². The molecule has 120 valence electrons. The van der Waals surface area contributed by atoms with E-state index >= 15 is 0 Å². The van der Waals surface area contributed by atoms with Crippen LogP contribution in [0.3, 0.4) is 0 Å². The van der Waals surface area contributed by atoms with E-state index in [4.69, 9.17) is 0 Å². The molecule has 23 heavy (non-hydrogen) atoms. The number of carbonyl (C=O) groups excluding carboxylic acids is 1. The summed E-state index contributed by atoms with van der Waals surface area (Å²) in [6.45, 7) is 0. The second-order valence-corrected chi connectivity index (χ2v) is 6.04. The first-order valence-electron chi connectivity index (χ1n) is 8.07. The van der Waals surface area contributed by atoms with Crippen LogP contribution in [0.15, 0.2) is 48.5 Å². The Morgan fingerprint density at radius 2 is 1.22 bits per heavy atom. The molecule has 0 saturated heterocycles. The van der Waals surface area contributed by atoms with Gasteiger partial charge in [-0.05, 0) is 61.4 Å². The van der Waals surface area contributed by atoms with E-state index in [1.807, 2.05) is 0 Å². The van der Waals surface area contributed by atoms with Crippen molar-refractivity contribution >= 4 is 17.3 Å². The zero-order valence-electron chi connectivity index (χ0n) is 13.0. The number of hydrogen-bond donors (Lipinski definition) is 2. The number of phenolic OH excluding ortho intramolecular Hbond substituents is 2. The number of rotatable bonds is 3. The number of phenols is 2. The summed E-state index contributed by atoms with van der Waals surface area (Å²) in [6.07, 6.45) is 5.23. The van der Waals surface area contributed by atoms with Gasteiger partial charge in [-0.2, -0.15) is 0 Å². The number of nitrogens with zero attached hydrogens (tertiary/aromatic N) is 1.